The number of fused-ring (bicyclic) bond motifs is 1. The fraction of sp³-hybridized carbons (Fsp3) is 0.417. The van der Waals surface area contributed by atoms with Gasteiger partial charge < -0.3 is 4.74 Å². The molecule has 0 atom stereocenters. The number of aromatic nitrogens is 1. The highest BCUT2D eigenvalue weighted by molar-refractivity contribution is 7.99. The molecule has 3 rings (SSSR count). The molecule has 0 saturated heterocycles. The maximum Gasteiger partial charge on any atom is 0.339 e. The van der Waals surface area contributed by atoms with Crippen LogP contribution in [0.4, 0.5) is 0 Å². The van der Waals surface area contributed by atoms with Gasteiger partial charge in [-0.05, 0) is 85.6 Å². The Morgan fingerprint density at radius 2 is 2.00 bits per heavy atom. The quantitative estimate of drug-likeness (QED) is 0.506. The third-order valence-corrected chi connectivity index (χ3v) is 6.73. The number of nitrogens with zero attached hydrogens (tertiary/aromatic N) is 1. The van der Waals surface area contributed by atoms with Gasteiger partial charge in [0, 0.05) is 16.7 Å². The highest BCUT2D eigenvalue weighted by atomic mass is 32.2. The van der Waals surface area contributed by atoms with Crippen LogP contribution in [0.25, 0.3) is 0 Å². The second kappa shape index (κ2) is 8.84. The second-order valence-electron chi connectivity index (χ2n) is 7.16. The summed E-state index contributed by atoms with van der Waals surface area (Å²) in [6.45, 7) is 8.65. The standard InChI is InChI=1S/C24H27NO2S/c1-5-24(6-2)12-13-28-22-11-9-18(15-20(22)24)8-10-21-17(4)14-19(16-25-21)23(26)27-7-3/h9,11,14-16H,5-7,12-13H2,1-4H3. The van der Waals surface area contributed by atoms with Crippen LogP contribution in [0.5, 0.6) is 0 Å². The van der Waals surface area contributed by atoms with Gasteiger partial charge >= 0.3 is 5.97 Å². The number of esters is 1. The summed E-state index contributed by atoms with van der Waals surface area (Å²) in [5.74, 6) is 7.29. The van der Waals surface area contributed by atoms with Crippen molar-refractivity contribution >= 4 is 17.7 Å². The molecule has 0 amide bonds. The van der Waals surface area contributed by atoms with Gasteiger partial charge in [0.05, 0.1) is 12.2 Å². The van der Waals surface area contributed by atoms with Crippen LogP contribution in [0.15, 0.2) is 35.4 Å². The molecular weight excluding hydrogens is 366 g/mol. The Labute approximate surface area is 172 Å². The van der Waals surface area contributed by atoms with E-state index in [1.165, 1.54) is 28.8 Å². The van der Waals surface area contributed by atoms with E-state index in [0.717, 1.165) is 24.0 Å². The molecule has 0 N–H and O–H groups in total. The van der Waals surface area contributed by atoms with Gasteiger partial charge in [0.25, 0.3) is 0 Å². The van der Waals surface area contributed by atoms with E-state index in [2.05, 4.69) is 48.9 Å². The summed E-state index contributed by atoms with van der Waals surface area (Å²) in [5, 5.41) is 0. The van der Waals surface area contributed by atoms with Crippen molar-refractivity contribution in [2.75, 3.05) is 12.4 Å². The molecule has 1 aliphatic rings. The van der Waals surface area contributed by atoms with Crippen molar-refractivity contribution in [2.45, 2.75) is 57.3 Å². The lowest BCUT2D eigenvalue weighted by molar-refractivity contribution is 0.0525. The number of hydrogen-bond acceptors (Lipinski definition) is 4. The SMILES string of the molecule is CCOC(=O)c1cnc(C#Cc2ccc3c(c2)C(CC)(CC)CCS3)c(C)c1. The van der Waals surface area contributed by atoms with Crippen LogP contribution in [-0.2, 0) is 10.2 Å². The number of carbonyl (C=O) groups excluding carboxylic acids is 1. The third-order valence-electron chi connectivity index (χ3n) is 5.66. The predicted octanol–water partition coefficient (Wildman–Crippen LogP) is 5.52. The molecule has 0 radical (unpaired) electrons. The predicted molar refractivity (Wildman–Crippen MR) is 115 cm³/mol. The van der Waals surface area contributed by atoms with E-state index in [4.69, 9.17) is 4.74 Å². The lowest BCUT2D eigenvalue weighted by Crippen LogP contribution is -2.28. The van der Waals surface area contributed by atoms with E-state index < -0.39 is 0 Å². The Balaban J connectivity index is 1.90. The van der Waals surface area contributed by atoms with E-state index >= 15 is 0 Å². The molecule has 1 aromatic heterocycles. The van der Waals surface area contributed by atoms with Gasteiger partial charge in [-0.2, -0.15) is 0 Å². The molecule has 0 aliphatic carbocycles. The minimum Gasteiger partial charge on any atom is -0.462 e. The van der Waals surface area contributed by atoms with Crippen molar-refractivity contribution in [1.29, 1.82) is 0 Å². The van der Waals surface area contributed by atoms with Crippen LogP contribution in [0.3, 0.4) is 0 Å². The number of rotatable bonds is 4. The van der Waals surface area contributed by atoms with Crippen molar-refractivity contribution in [3.63, 3.8) is 0 Å². The average molecular weight is 394 g/mol. The number of hydrogen-bond donors (Lipinski definition) is 0. The number of aryl methyl sites for hydroxylation is 1. The third kappa shape index (κ3) is 4.10. The molecule has 28 heavy (non-hydrogen) atoms. The Morgan fingerprint density at radius 1 is 1.21 bits per heavy atom. The fourth-order valence-electron chi connectivity index (χ4n) is 3.79. The first-order chi connectivity index (χ1) is 13.5. The van der Waals surface area contributed by atoms with Gasteiger partial charge in [-0.25, -0.2) is 9.78 Å². The number of carbonyl (C=O) groups is 1. The number of benzene rings is 1. The smallest absolute Gasteiger partial charge is 0.339 e. The molecule has 146 valence electrons. The summed E-state index contributed by atoms with van der Waals surface area (Å²) >= 11 is 1.95. The Morgan fingerprint density at radius 3 is 2.68 bits per heavy atom. The van der Waals surface area contributed by atoms with Crippen LogP contribution >= 0.6 is 11.8 Å². The zero-order valence-electron chi connectivity index (χ0n) is 17.1. The zero-order chi connectivity index (χ0) is 20.1. The largest absolute Gasteiger partial charge is 0.462 e. The molecule has 0 fully saturated rings. The average Bonchev–Trinajstić information content (AvgIpc) is 2.72. The Kier molecular flexibility index (Phi) is 6.46. The first-order valence-electron chi connectivity index (χ1n) is 9.96. The number of pyridine rings is 1. The van der Waals surface area contributed by atoms with Crippen LogP contribution in [-0.4, -0.2) is 23.3 Å². The summed E-state index contributed by atoms with van der Waals surface area (Å²) in [4.78, 5) is 17.6. The fourth-order valence-corrected chi connectivity index (χ4v) is 5.09. The van der Waals surface area contributed by atoms with Crippen molar-refractivity contribution in [3.8, 4) is 11.8 Å². The monoisotopic (exact) mass is 393 g/mol. The zero-order valence-corrected chi connectivity index (χ0v) is 17.9. The van der Waals surface area contributed by atoms with E-state index in [1.807, 2.05) is 18.7 Å². The van der Waals surface area contributed by atoms with Crippen LogP contribution in [0.1, 0.15) is 72.8 Å². The normalized spacial score (nSPS) is 14.6. The van der Waals surface area contributed by atoms with Crippen molar-refractivity contribution in [2.24, 2.45) is 0 Å². The highest BCUT2D eigenvalue weighted by Crippen LogP contribution is 2.46. The molecule has 1 aliphatic heterocycles. The van der Waals surface area contributed by atoms with Crippen molar-refractivity contribution < 1.29 is 9.53 Å². The maximum absolute atomic E-state index is 11.8. The molecule has 0 bridgehead atoms. The molecule has 4 heteroatoms. The van der Waals surface area contributed by atoms with Crippen LogP contribution < -0.4 is 0 Å². The Hall–Kier alpha value is -2.25. The lowest BCUT2D eigenvalue weighted by Gasteiger charge is -2.37. The van der Waals surface area contributed by atoms with Crippen LogP contribution in [0.2, 0.25) is 0 Å². The Bertz CT molecular complexity index is 935. The first kappa shape index (κ1) is 20.5. The molecule has 2 aromatic rings. The molecule has 3 nitrogen and oxygen atoms in total. The topological polar surface area (TPSA) is 39.2 Å². The van der Waals surface area contributed by atoms with Crippen molar-refractivity contribution in [1.82, 2.24) is 4.98 Å². The summed E-state index contributed by atoms with van der Waals surface area (Å²) in [6, 6.07) is 8.37. The molecule has 0 saturated carbocycles. The maximum atomic E-state index is 11.8. The van der Waals surface area contributed by atoms with Gasteiger partial charge in [0.15, 0.2) is 0 Å². The van der Waals surface area contributed by atoms with E-state index in [0.29, 0.717) is 17.9 Å². The summed E-state index contributed by atoms with van der Waals surface area (Å²) < 4.78 is 5.03. The lowest BCUT2D eigenvalue weighted by atomic mass is 9.73. The second-order valence-corrected chi connectivity index (χ2v) is 8.29. The summed E-state index contributed by atoms with van der Waals surface area (Å²) in [6.07, 6.45) is 5.08. The van der Waals surface area contributed by atoms with Gasteiger partial charge in [-0.3, -0.25) is 0 Å². The molecule has 2 heterocycles. The minimum atomic E-state index is -0.347. The van der Waals surface area contributed by atoms with E-state index in [-0.39, 0.29) is 11.4 Å². The highest BCUT2D eigenvalue weighted by Gasteiger charge is 2.33. The molecule has 1 aromatic carbocycles. The van der Waals surface area contributed by atoms with Crippen LogP contribution in [0, 0.1) is 18.8 Å². The summed E-state index contributed by atoms with van der Waals surface area (Å²) in [5.41, 5.74) is 4.77. The molecular formula is C24H27NO2S. The van der Waals surface area contributed by atoms with Gasteiger partial charge in [-0.1, -0.05) is 19.8 Å². The van der Waals surface area contributed by atoms with Gasteiger partial charge in [0.2, 0.25) is 0 Å². The van der Waals surface area contributed by atoms with E-state index in [1.54, 1.807) is 13.0 Å². The minimum absolute atomic E-state index is 0.272. The van der Waals surface area contributed by atoms with Gasteiger partial charge in [0.1, 0.15) is 5.69 Å². The molecule has 0 unspecified atom stereocenters. The van der Waals surface area contributed by atoms with E-state index in [9.17, 15) is 4.79 Å². The first-order valence-corrected chi connectivity index (χ1v) is 10.9. The van der Waals surface area contributed by atoms with Gasteiger partial charge in [-0.15, -0.1) is 11.8 Å². The summed E-state index contributed by atoms with van der Waals surface area (Å²) in [7, 11) is 0. The number of thioether (sulfide) groups is 1. The molecule has 0 spiro atoms. The number of ether oxygens (including phenoxy) is 1. The van der Waals surface area contributed by atoms with Crippen molar-refractivity contribution in [3.05, 3.63) is 58.4 Å².